The second kappa shape index (κ2) is 6.17. The quantitative estimate of drug-likeness (QED) is 0.825. The molecule has 1 aromatic carbocycles. The third-order valence-corrected chi connectivity index (χ3v) is 3.27. The molecule has 1 heterocycles. The monoisotopic (exact) mass is 293 g/mol. The van der Waals surface area contributed by atoms with Gasteiger partial charge in [-0.2, -0.15) is 0 Å². The fourth-order valence-electron chi connectivity index (χ4n) is 2.12. The molecule has 0 fully saturated rings. The molecule has 1 aromatic heterocycles. The summed E-state index contributed by atoms with van der Waals surface area (Å²) in [5.41, 5.74) is 6.55. The summed E-state index contributed by atoms with van der Waals surface area (Å²) >= 11 is 0. The summed E-state index contributed by atoms with van der Waals surface area (Å²) in [6.45, 7) is 5.49. The zero-order valence-electron chi connectivity index (χ0n) is 12.5. The lowest BCUT2D eigenvalue weighted by molar-refractivity contribution is 0.140. The van der Waals surface area contributed by atoms with Crippen molar-refractivity contribution < 1.29 is 9.13 Å². The number of ether oxygens (including phenoxy) is 1. The molecule has 0 aliphatic carbocycles. The zero-order chi connectivity index (χ0) is 15.5. The minimum atomic E-state index is -0.404. The summed E-state index contributed by atoms with van der Waals surface area (Å²) in [6, 6.07) is 4.30. The van der Waals surface area contributed by atoms with E-state index in [0.717, 1.165) is 6.42 Å². The summed E-state index contributed by atoms with van der Waals surface area (Å²) in [6.07, 6.45) is 0.869. The normalized spacial score (nSPS) is 11.8. The topological polar surface area (TPSA) is 78.8 Å². The van der Waals surface area contributed by atoms with Crippen LogP contribution in [0.25, 0.3) is 11.4 Å². The van der Waals surface area contributed by atoms with Crippen molar-refractivity contribution in [1.82, 2.24) is 20.2 Å². The molecule has 0 aliphatic rings. The average molecular weight is 293 g/mol. The Balaban J connectivity index is 2.26. The molecule has 0 radical (unpaired) electrons. The van der Waals surface area contributed by atoms with Crippen LogP contribution >= 0.6 is 0 Å². The molecule has 0 unspecified atom stereocenters. The smallest absolute Gasteiger partial charge is 0.182 e. The van der Waals surface area contributed by atoms with E-state index in [4.69, 9.17) is 10.5 Å². The first-order chi connectivity index (χ1) is 9.91. The van der Waals surface area contributed by atoms with Gasteiger partial charge in [-0.1, -0.05) is 13.8 Å². The lowest BCUT2D eigenvalue weighted by atomic mass is 9.89. The first-order valence-corrected chi connectivity index (χ1v) is 6.73. The molecular formula is C14H20FN5O. The number of nitrogens with two attached hydrogens (primary N) is 1. The Bertz CT molecular complexity index is 591. The second-order valence-corrected chi connectivity index (χ2v) is 5.84. The fraction of sp³-hybridized carbons (Fsp3) is 0.500. The van der Waals surface area contributed by atoms with Crippen LogP contribution in [0.2, 0.25) is 0 Å². The Morgan fingerprint density at radius 1 is 1.33 bits per heavy atom. The van der Waals surface area contributed by atoms with E-state index in [1.165, 1.54) is 12.1 Å². The van der Waals surface area contributed by atoms with Gasteiger partial charge in [-0.25, -0.2) is 9.07 Å². The summed E-state index contributed by atoms with van der Waals surface area (Å²) in [5.74, 6) is 0.102. The SMILES string of the molecule is COCCC(C)(C)Cn1nnnc1-c1cc(N)cc(F)c1. The molecule has 21 heavy (non-hydrogen) atoms. The van der Waals surface area contributed by atoms with Crippen molar-refractivity contribution in [2.24, 2.45) is 5.41 Å². The second-order valence-electron chi connectivity index (χ2n) is 5.84. The molecule has 0 saturated carbocycles. The molecule has 0 amide bonds. The largest absolute Gasteiger partial charge is 0.399 e. The molecule has 0 aliphatic heterocycles. The van der Waals surface area contributed by atoms with E-state index in [1.807, 2.05) is 0 Å². The number of nitrogens with zero attached hydrogens (tertiary/aromatic N) is 4. The van der Waals surface area contributed by atoms with Crippen molar-refractivity contribution in [3.05, 3.63) is 24.0 Å². The molecule has 0 saturated heterocycles. The minimum Gasteiger partial charge on any atom is -0.399 e. The van der Waals surface area contributed by atoms with Crippen LogP contribution in [0.1, 0.15) is 20.3 Å². The van der Waals surface area contributed by atoms with Crippen LogP contribution in [0.3, 0.4) is 0 Å². The predicted octanol–water partition coefficient (Wildman–Crippen LogP) is 2.12. The third-order valence-electron chi connectivity index (χ3n) is 3.27. The summed E-state index contributed by atoms with van der Waals surface area (Å²) < 4.78 is 20.3. The van der Waals surface area contributed by atoms with E-state index in [2.05, 4.69) is 29.4 Å². The number of aromatic nitrogens is 4. The van der Waals surface area contributed by atoms with E-state index in [1.54, 1.807) is 17.9 Å². The highest BCUT2D eigenvalue weighted by Crippen LogP contribution is 2.26. The Morgan fingerprint density at radius 2 is 2.10 bits per heavy atom. The summed E-state index contributed by atoms with van der Waals surface area (Å²) in [4.78, 5) is 0. The predicted molar refractivity (Wildman–Crippen MR) is 77.9 cm³/mol. The van der Waals surface area contributed by atoms with Gasteiger partial charge in [0.2, 0.25) is 0 Å². The van der Waals surface area contributed by atoms with Crippen LogP contribution in [-0.4, -0.2) is 33.9 Å². The molecule has 114 valence electrons. The molecule has 0 bridgehead atoms. The van der Waals surface area contributed by atoms with Gasteiger partial charge in [0.15, 0.2) is 5.82 Å². The highest BCUT2D eigenvalue weighted by molar-refractivity contribution is 5.61. The maximum Gasteiger partial charge on any atom is 0.182 e. The number of halogens is 1. The van der Waals surface area contributed by atoms with Crippen LogP contribution in [0.4, 0.5) is 10.1 Å². The number of benzene rings is 1. The first kappa shape index (κ1) is 15.4. The summed E-state index contributed by atoms with van der Waals surface area (Å²) in [7, 11) is 1.67. The number of anilines is 1. The van der Waals surface area contributed by atoms with Gasteiger partial charge in [-0.05, 0) is 40.5 Å². The molecule has 2 N–H and O–H groups in total. The van der Waals surface area contributed by atoms with E-state index in [-0.39, 0.29) is 5.41 Å². The van der Waals surface area contributed by atoms with E-state index in [0.29, 0.717) is 30.2 Å². The van der Waals surface area contributed by atoms with Gasteiger partial charge in [0.25, 0.3) is 0 Å². The molecule has 6 nitrogen and oxygen atoms in total. The van der Waals surface area contributed by atoms with Gasteiger partial charge >= 0.3 is 0 Å². The number of methoxy groups -OCH3 is 1. The van der Waals surface area contributed by atoms with Gasteiger partial charge in [0.1, 0.15) is 5.82 Å². The Labute approximate surface area is 123 Å². The van der Waals surface area contributed by atoms with Crippen LogP contribution in [-0.2, 0) is 11.3 Å². The maximum atomic E-state index is 13.5. The van der Waals surface area contributed by atoms with Crippen molar-refractivity contribution in [2.75, 3.05) is 19.5 Å². The average Bonchev–Trinajstić information content (AvgIpc) is 2.82. The number of hydrogen-bond acceptors (Lipinski definition) is 5. The highest BCUT2D eigenvalue weighted by Gasteiger charge is 2.22. The molecule has 2 aromatic rings. The van der Waals surface area contributed by atoms with Gasteiger partial charge in [0.05, 0.1) is 6.54 Å². The van der Waals surface area contributed by atoms with Crippen LogP contribution in [0, 0.1) is 11.2 Å². The van der Waals surface area contributed by atoms with Crippen molar-refractivity contribution in [3.63, 3.8) is 0 Å². The van der Waals surface area contributed by atoms with Crippen LogP contribution in [0.5, 0.6) is 0 Å². The van der Waals surface area contributed by atoms with E-state index < -0.39 is 5.82 Å². The van der Waals surface area contributed by atoms with Crippen molar-refractivity contribution in [1.29, 1.82) is 0 Å². The fourth-order valence-corrected chi connectivity index (χ4v) is 2.12. The van der Waals surface area contributed by atoms with Crippen molar-refractivity contribution in [2.45, 2.75) is 26.8 Å². The number of tetrazole rings is 1. The molecule has 0 atom stereocenters. The van der Waals surface area contributed by atoms with Crippen molar-refractivity contribution in [3.8, 4) is 11.4 Å². The van der Waals surface area contributed by atoms with Gasteiger partial charge in [-0.3, -0.25) is 0 Å². The Morgan fingerprint density at radius 3 is 2.76 bits per heavy atom. The van der Waals surface area contributed by atoms with E-state index in [9.17, 15) is 4.39 Å². The van der Waals surface area contributed by atoms with E-state index >= 15 is 0 Å². The van der Waals surface area contributed by atoms with Crippen LogP contribution in [0.15, 0.2) is 18.2 Å². The van der Waals surface area contributed by atoms with Gasteiger partial charge < -0.3 is 10.5 Å². The van der Waals surface area contributed by atoms with Crippen molar-refractivity contribution >= 4 is 5.69 Å². The number of nitrogen functional groups attached to an aromatic ring is 1. The molecular weight excluding hydrogens is 273 g/mol. The number of rotatable bonds is 6. The molecule has 7 heteroatoms. The maximum absolute atomic E-state index is 13.5. The minimum absolute atomic E-state index is 0.0426. The first-order valence-electron chi connectivity index (χ1n) is 6.73. The van der Waals surface area contributed by atoms with Gasteiger partial charge in [-0.15, -0.1) is 5.10 Å². The molecule has 0 spiro atoms. The standard InChI is InChI=1S/C14H20FN5O/c1-14(2,4-5-21-3)9-20-13(17-18-19-20)10-6-11(15)8-12(16)7-10/h6-8H,4-5,9,16H2,1-3H3. The molecule has 2 rings (SSSR count). The zero-order valence-corrected chi connectivity index (χ0v) is 12.5. The van der Waals surface area contributed by atoms with Gasteiger partial charge in [0, 0.05) is 25.0 Å². The third kappa shape index (κ3) is 3.98. The highest BCUT2D eigenvalue weighted by atomic mass is 19.1. The summed E-state index contributed by atoms with van der Waals surface area (Å²) in [5, 5.41) is 11.7. The lowest BCUT2D eigenvalue weighted by Gasteiger charge is -2.24. The number of hydrogen-bond donors (Lipinski definition) is 1. The Kier molecular flexibility index (Phi) is 4.52. The Hall–Kier alpha value is -2.02. The van der Waals surface area contributed by atoms with Crippen LogP contribution < -0.4 is 5.73 Å². The lowest BCUT2D eigenvalue weighted by Crippen LogP contribution is -2.23.